The molecule has 1 aliphatic rings. The molecule has 0 saturated carbocycles. The number of benzene rings is 3. The lowest BCUT2D eigenvalue weighted by Crippen LogP contribution is -2.30. The highest BCUT2D eigenvalue weighted by Gasteiger charge is 2.34. The number of methoxy groups -OCH3 is 2. The molecule has 0 radical (unpaired) electrons. The third-order valence-electron chi connectivity index (χ3n) is 5.94. The van der Waals surface area contributed by atoms with E-state index in [2.05, 4.69) is 0 Å². The van der Waals surface area contributed by atoms with Gasteiger partial charge in [0.15, 0.2) is 5.58 Å². The maximum absolute atomic E-state index is 13.2. The Morgan fingerprint density at radius 2 is 1.75 bits per heavy atom. The van der Waals surface area contributed by atoms with Gasteiger partial charge in [-0.25, -0.2) is 4.98 Å². The molecule has 3 aromatic carbocycles. The van der Waals surface area contributed by atoms with E-state index in [1.54, 1.807) is 20.3 Å². The summed E-state index contributed by atoms with van der Waals surface area (Å²) >= 11 is 0. The molecule has 0 bridgehead atoms. The van der Waals surface area contributed by atoms with Crippen LogP contribution in [-0.4, -0.2) is 36.6 Å². The van der Waals surface area contributed by atoms with Gasteiger partial charge in [0.25, 0.3) is 5.91 Å². The van der Waals surface area contributed by atoms with E-state index in [1.807, 2.05) is 65.6 Å². The monoisotopic (exact) mass is 428 g/mol. The van der Waals surface area contributed by atoms with Gasteiger partial charge in [-0.1, -0.05) is 24.3 Å². The molecule has 0 N–H and O–H groups in total. The van der Waals surface area contributed by atoms with Gasteiger partial charge in [0.2, 0.25) is 5.89 Å². The Morgan fingerprint density at radius 1 is 0.969 bits per heavy atom. The molecule has 6 nitrogen and oxygen atoms in total. The number of aromatic nitrogens is 1. The van der Waals surface area contributed by atoms with Crippen molar-refractivity contribution in [3.63, 3.8) is 0 Å². The predicted molar refractivity (Wildman–Crippen MR) is 122 cm³/mol. The molecule has 1 atom stereocenters. The lowest BCUT2D eigenvalue weighted by atomic mass is 10.1. The zero-order chi connectivity index (χ0) is 22.1. The molecular weight excluding hydrogens is 404 g/mol. The number of ether oxygens (including phenoxy) is 2. The van der Waals surface area contributed by atoms with Crippen molar-refractivity contribution in [2.24, 2.45) is 0 Å². The Labute approximate surface area is 186 Å². The van der Waals surface area contributed by atoms with Crippen LogP contribution in [0.5, 0.6) is 11.5 Å². The van der Waals surface area contributed by atoms with Gasteiger partial charge in [0.1, 0.15) is 23.1 Å². The van der Waals surface area contributed by atoms with Crippen molar-refractivity contribution in [1.29, 1.82) is 0 Å². The molecule has 5 rings (SSSR count). The summed E-state index contributed by atoms with van der Waals surface area (Å²) in [5.74, 6) is 2.04. The number of hydrogen-bond donors (Lipinski definition) is 0. The number of hydrogen-bond acceptors (Lipinski definition) is 5. The Morgan fingerprint density at radius 3 is 2.53 bits per heavy atom. The van der Waals surface area contributed by atoms with Gasteiger partial charge in [0, 0.05) is 12.1 Å². The predicted octanol–water partition coefficient (Wildman–Crippen LogP) is 5.49. The zero-order valence-electron chi connectivity index (χ0n) is 18.1. The van der Waals surface area contributed by atoms with E-state index in [0.717, 1.165) is 40.8 Å². The van der Waals surface area contributed by atoms with Crippen LogP contribution >= 0.6 is 0 Å². The molecular formula is C26H24N2O4. The lowest BCUT2D eigenvalue weighted by molar-refractivity contribution is 0.0716. The van der Waals surface area contributed by atoms with Crippen molar-refractivity contribution in [1.82, 2.24) is 9.88 Å². The van der Waals surface area contributed by atoms with Crippen molar-refractivity contribution in [3.8, 4) is 22.6 Å². The van der Waals surface area contributed by atoms with Gasteiger partial charge in [-0.3, -0.25) is 4.79 Å². The zero-order valence-corrected chi connectivity index (χ0v) is 18.1. The molecule has 1 saturated heterocycles. The number of rotatable bonds is 5. The second kappa shape index (κ2) is 8.38. The summed E-state index contributed by atoms with van der Waals surface area (Å²) in [5.41, 5.74) is 4.24. The molecule has 6 heteroatoms. The Hall–Kier alpha value is -3.80. The molecule has 1 aliphatic heterocycles. The van der Waals surface area contributed by atoms with Gasteiger partial charge in [-0.2, -0.15) is 0 Å². The van der Waals surface area contributed by atoms with Crippen LogP contribution in [0.4, 0.5) is 0 Å². The van der Waals surface area contributed by atoms with Gasteiger partial charge in [0.05, 0.1) is 14.2 Å². The van der Waals surface area contributed by atoms with Gasteiger partial charge >= 0.3 is 0 Å². The first-order chi connectivity index (χ1) is 15.7. The number of carbonyl (C=O) groups excluding carboxylic acids is 1. The SMILES string of the molecule is COc1ccc(-c2ccc3oc(C4CCCN4C(=O)c4cccc(OC)c4)nc3c2)cc1. The highest BCUT2D eigenvalue weighted by atomic mass is 16.5. The first-order valence-corrected chi connectivity index (χ1v) is 10.7. The molecule has 0 spiro atoms. The minimum Gasteiger partial charge on any atom is -0.497 e. The van der Waals surface area contributed by atoms with Crippen molar-refractivity contribution < 1.29 is 18.7 Å². The minimum atomic E-state index is -0.175. The summed E-state index contributed by atoms with van der Waals surface area (Å²) in [4.78, 5) is 19.8. The van der Waals surface area contributed by atoms with Crippen molar-refractivity contribution in [3.05, 3.63) is 78.2 Å². The standard InChI is InChI=1S/C26H24N2O4/c1-30-20-11-8-17(9-12-20)18-10-13-24-22(16-18)27-25(32-24)23-7-4-14-28(23)26(29)19-5-3-6-21(15-19)31-2/h3,5-6,8-13,15-16,23H,4,7,14H2,1-2H3. The number of amides is 1. The molecule has 1 amide bonds. The summed E-state index contributed by atoms with van der Waals surface area (Å²) in [6, 6.07) is 21.0. The van der Waals surface area contributed by atoms with Crippen LogP contribution in [0, 0.1) is 0 Å². The van der Waals surface area contributed by atoms with Gasteiger partial charge < -0.3 is 18.8 Å². The quantitative estimate of drug-likeness (QED) is 0.421. The molecule has 32 heavy (non-hydrogen) atoms. The van der Waals surface area contributed by atoms with Gasteiger partial charge in [-0.15, -0.1) is 0 Å². The molecule has 162 valence electrons. The van der Waals surface area contributed by atoms with Crippen molar-refractivity contribution in [2.75, 3.05) is 20.8 Å². The van der Waals surface area contributed by atoms with E-state index in [1.165, 1.54) is 0 Å². The van der Waals surface area contributed by atoms with Crippen molar-refractivity contribution >= 4 is 17.0 Å². The fraction of sp³-hybridized carbons (Fsp3) is 0.231. The molecule has 0 aliphatic carbocycles. The fourth-order valence-electron chi connectivity index (χ4n) is 4.24. The number of carbonyl (C=O) groups is 1. The number of fused-ring (bicyclic) bond motifs is 1. The minimum absolute atomic E-state index is 0.0347. The van der Waals surface area contributed by atoms with Crippen LogP contribution in [0.25, 0.3) is 22.2 Å². The third kappa shape index (κ3) is 3.68. The fourth-order valence-corrected chi connectivity index (χ4v) is 4.24. The summed E-state index contributed by atoms with van der Waals surface area (Å²) in [6.45, 7) is 0.677. The second-order valence-electron chi connectivity index (χ2n) is 7.85. The highest BCUT2D eigenvalue weighted by molar-refractivity contribution is 5.95. The van der Waals surface area contributed by atoms with E-state index in [0.29, 0.717) is 23.7 Å². The lowest BCUT2D eigenvalue weighted by Gasteiger charge is -2.22. The Kier molecular flexibility index (Phi) is 5.27. The summed E-state index contributed by atoms with van der Waals surface area (Å²) in [6.07, 6.45) is 1.74. The van der Waals surface area contributed by atoms with E-state index in [9.17, 15) is 4.79 Å². The first kappa shape index (κ1) is 20.1. The Balaban J connectivity index is 1.43. The third-order valence-corrected chi connectivity index (χ3v) is 5.94. The molecule has 1 fully saturated rings. The second-order valence-corrected chi connectivity index (χ2v) is 7.85. The number of likely N-dealkylation sites (tertiary alicyclic amines) is 1. The summed E-state index contributed by atoms with van der Waals surface area (Å²) in [7, 11) is 3.25. The topological polar surface area (TPSA) is 64.8 Å². The average molecular weight is 428 g/mol. The van der Waals surface area contributed by atoms with Crippen molar-refractivity contribution in [2.45, 2.75) is 18.9 Å². The van der Waals surface area contributed by atoms with E-state index in [4.69, 9.17) is 18.9 Å². The summed E-state index contributed by atoms with van der Waals surface area (Å²) in [5, 5.41) is 0. The summed E-state index contributed by atoms with van der Waals surface area (Å²) < 4.78 is 16.6. The van der Waals surface area contributed by atoms with Crippen LogP contribution in [0.15, 0.2) is 71.1 Å². The van der Waals surface area contributed by atoms with Crippen LogP contribution < -0.4 is 9.47 Å². The van der Waals surface area contributed by atoms with E-state index < -0.39 is 0 Å². The molecule has 4 aromatic rings. The molecule has 2 heterocycles. The van der Waals surface area contributed by atoms with Crippen LogP contribution in [-0.2, 0) is 0 Å². The largest absolute Gasteiger partial charge is 0.497 e. The average Bonchev–Trinajstić information content (AvgIpc) is 3.50. The van der Waals surface area contributed by atoms with Gasteiger partial charge in [-0.05, 0) is 66.4 Å². The number of oxazole rings is 1. The smallest absolute Gasteiger partial charge is 0.254 e. The maximum Gasteiger partial charge on any atom is 0.254 e. The van der Waals surface area contributed by atoms with E-state index >= 15 is 0 Å². The molecule has 1 aromatic heterocycles. The number of nitrogens with zero attached hydrogens (tertiary/aromatic N) is 2. The normalized spacial score (nSPS) is 15.8. The first-order valence-electron chi connectivity index (χ1n) is 10.7. The molecule has 1 unspecified atom stereocenters. The maximum atomic E-state index is 13.2. The van der Waals surface area contributed by atoms with E-state index in [-0.39, 0.29) is 11.9 Å². The van der Waals surface area contributed by atoms with Crippen LogP contribution in [0.2, 0.25) is 0 Å². The van der Waals surface area contributed by atoms with Crippen LogP contribution in [0.3, 0.4) is 0 Å². The highest BCUT2D eigenvalue weighted by Crippen LogP contribution is 2.35. The Bertz CT molecular complexity index is 1260. The van der Waals surface area contributed by atoms with Crippen LogP contribution in [0.1, 0.15) is 35.1 Å².